The van der Waals surface area contributed by atoms with E-state index in [-0.39, 0.29) is 22.5 Å². The topological polar surface area (TPSA) is 188 Å². The first kappa shape index (κ1) is 38.3. The maximum atomic E-state index is 12.5. The number of carbonyl (C=O) groups is 2. The van der Waals surface area contributed by atoms with E-state index in [1.165, 1.54) is 18.1 Å². The number of carboxylic acids is 1. The molecule has 3 aliphatic heterocycles. The Morgan fingerprint density at radius 2 is 1.46 bits per heavy atom. The number of benzene rings is 3. The van der Waals surface area contributed by atoms with Crippen molar-refractivity contribution >= 4 is 34.3 Å². The Bertz CT molecular complexity index is 2050. The zero-order valence-electron chi connectivity index (χ0n) is 29.8. The monoisotopic (exact) mass is 705 g/mol. The van der Waals surface area contributed by atoms with Gasteiger partial charge in [-0.05, 0) is 82.5 Å². The number of nitrogens with zero attached hydrogens (tertiary/aromatic N) is 2. The first-order chi connectivity index (χ1) is 23.1. The Labute approximate surface area is 294 Å². The van der Waals surface area contributed by atoms with E-state index in [0.29, 0.717) is 5.56 Å². The van der Waals surface area contributed by atoms with Crippen LogP contribution < -0.4 is 49.2 Å². The number of rotatable bonds is 4. The molecule has 12 heteroatoms. The van der Waals surface area contributed by atoms with Gasteiger partial charge in [0.1, 0.15) is 18.0 Å². The molecule has 0 aromatic heterocycles. The maximum absolute atomic E-state index is 12.5. The van der Waals surface area contributed by atoms with Gasteiger partial charge in [-0.1, -0.05) is 24.3 Å². The number of hydrogen-bond donors (Lipinski definition) is 2. The lowest BCUT2D eigenvalue weighted by Crippen LogP contribution is -2.68. The fraction of sp³-hybridized carbons (Fsp3) is 0.342. The van der Waals surface area contributed by atoms with E-state index in [0.717, 1.165) is 63.1 Å². The number of fused-ring (bicyclic) bond motifs is 4. The third kappa shape index (κ3) is 7.77. The third-order valence-corrected chi connectivity index (χ3v) is 8.98. The Morgan fingerprint density at radius 3 is 2.02 bits per heavy atom. The van der Waals surface area contributed by atoms with Crippen molar-refractivity contribution < 1.29 is 48.3 Å². The van der Waals surface area contributed by atoms with E-state index in [2.05, 4.69) is 107 Å². The van der Waals surface area contributed by atoms with Crippen LogP contribution in [0.4, 0.5) is 5.69 Å². The first-order valence-corrected chi connectivity index (χ1v) is 17.4. The molecule has 6 rings (SSSR count). The highest BCUT2D eigenvalue weighted by atomic mass is 35.7. The summed E-state index contributed by atoms with van der Waals surface area (Å²) in [5.74, 6) is 0.227. The third-order valence-electron chi connectivity index (χ3n) is 8.98. The number of halogens is 1. The molecular weight excluding hydrogens is 662 g/mol. The summed E-state index contributed by atoms with van der Waals surface area (Å²) in [5.41, 5.74) is 12.8. The number of allylic oxidation sites excluding steroid dienone is 2. The molecule has 3 aliphatic rings. The summed E-state index contributed by atoms with van der Waals surface area (Å²) in [5, 5.41) is 12.3. The molecular formula is C38H44ClN3O8. The predicted molar refractivity (Wildman–Crippen MR) is 182 cm³/mol. The Morgan fingerprint density at radius 1 is 0.880 bits per heavy atom. The van der Waals surface area contributed by atoms with Crippen molar-refractivity contribution in [1.82, 2.24) is 4.58 Å². The molecule has 266 valence electrons. The van der Waals surface area contributed by atoms with Gasteiger partial charge < -0.3 is 20.5 Å². The lowest BCUT2D eigenvalue weighted by atomic mass is 9.83. The van der Waals surface area contributed by atoms with Crippen molar-refractivity contribution in [3.63, 3.8) is 0 Å². The van der Waals surface area contributed by atoms with Gasteiger partial charge in [-0.15, -0.1) is 10.2 Å². The summed E-state index contributed by atoms with van der Waals surface area (Å²) in [7, 11) is -4.94. The molecule has 11 nitrogen and oxygen atoms in total. The molecule has 3 aromatic rings. The van der Waals surface area contributed by atoms with Gasteiger partial charge in [0.15, 0.2) is 5.54 Å². The van der Waals surface area contributed by atoms with Crippen molar-refractivity contribution in [3.8, 4) is 11.5 Å². The Balaban J connectivity index is 0.000000558. The summed E-state index contributed by atoms with van der Waals surface area (Å²) in [4.78, 5) is 24.1. The number of primary amides is 1. The number of anilines is 1. The molecule has 1 amide bonds. The predicted octanol–water partition coefficient (Wildman–Crippen LogP) is 1.20. The standard InChI is InChI=1S/C36H38N2O3.C2H5NO.ClHO4/c1-9-37-29-17-31-27(15-25(29)21(3)19-35(37,5)6)33(23-13-11-12-14-24(23)34(39)40)28-16-26-22(4)20-36(7,8)38(10-2)30(26)18-32(28)41-31;1-2(3)4;2-1(3,4)5/h11-20H,9-10H2,1-8H3;1H3,(H2,3,4);(H,2,3,4,5). The molecule has 0 atom stereocenters. The smallest absolute Gasteiger partial charge is 0.336 e. The van der Waals surface area contributed by atoms with Gasteiger partial charge >= 0.3 is 5.97 Å². The summed E-state index contributed by atoms with van der Waals surface area (Å²) in [6, 6.07) is 16.0. The Hall–Kier alpha value is -4.52. The average Bonchev–Trinajstić information content (AvgIpc) is 2.97. The minimum Gasteiger partial charge on any atom is -0.478 e. The van der Waals surface area contributed by atoms with Gasteiger partial charge in [0.05, 0.1) is 17.2 Å². The molecule has 0 aliphatic carbocycles. The second kappa shape index (κ2) is 14.0. The molecule has 0 unspecified atom stereocenters. The number of carbonyl (C=O) groups excluding carboxylic acids is 1. The van der Waals surface area contributed by atoms with Crippen molar-refractivity contribution in [2.24, 2.45) is 5.73 Å². The van der Waals surface area contributed by atoms with Crippen LogP contribution in [-0.4, -0.2) is 41.2 Å². The van der Waals surface area contributed by atoms with Gasteiger partial charge in [0.25, 0.3) is 0 Å². The lowest BCUT2D eigenvalue weighted by Gasteiger charge is -2.43. The number of hydrogen-bond acceptors (Lipinski definition) is 8. The highest BCUT2D eigenvalue weighted by Crippen LogP contribution is 2.46. The first-order valence-electron chi connectivity index (χ1n) is 16.2. The Kier molecular flexibility index (Phi) is 10.7. The number of aromatic carboxylic acids is 1. The fourth-order valence-corrected chi connectivity index (χ4v) is 7.37. The van der Waals surface area contributed by atoms with Gasteiger partial charge in [0, 0.05) is 66.6 Å². The molecule has 3 aromatic carbocycles. The van der Waals surface area contributed by atoms with Crippen LogP contribution in [0.2, 0.25) is 0 Å². The summed E-state index contributed by atoms with van der Waals surface area (Å²) in [6.07, 6.45) is 4.64. The van der Waals surface area contributed by atoms with Crippen LogP contribution in [-0.2, 0) is 4.79 Å². The molecule has 50 heavy (non-hydrogen) atoms. The minimum absolute atomic E-state index is 0.134. The van der Waals surface area contributed by atoms with E-state index in [1.54, 1.807) is 12.1 Å². The largest absolute Gasteiger partial charge is 0.478 e. The highest BCUT2D eigenvalue weighted by molar-refractivity contribution is 5.99. The average molecular weight is 706 g/mol. The van der Waals surface area contributed by atoms with E-state index in [4.69, 9.17) is 23.4 Å². The van der Waals surface area contributed by atoms with Crippen molar-refractivity contribution in [3.05, 3.63) is 99.1 Å². The molecule has 3 heterocycles. The number of nitrogens with two attached hydrogens (primary N) is 1. The van der Waals surface area contributed by atoms with E-state index in [9.17, 15) is 14.7 Å². The zero-order chi connectivity index (χ0) is 37.5. The fourth-order valence-electron chi connectivity index (χ4n) is 7.37. The van der Waals surface area contributed by atoms with Gasteiger partial charge in [0.2, 0.25) is 11.3 Å². The van der Waals surface area contributed by atoms with Crippen LogP contribution in [0.15, 0.2) is 60.7 Å². The van der Waals surface area contributed by atoms with Crippen LogP contribution in [0.1, 0.15) is 94.9 Å². The van der Waals surface area contributed by atoms with Gasteiger partial charge in [-0.25, -0.2) is 28.0 Å². The van der Waals surface area contributed by atoms with Crippen LogP contribution in [0, 0.1) is 10.2 Å². The SMILES string of the molecule is CC(N)=O.CCN1c2cc3c(cc2C(C)=CC1(C)C)C(c1ccccc1C(=O)O)=c1cc2c(cc1O3)=[N+](CC)C(C)(C)C=C2C.[O-][Cl+3]([O-])([O-])[O-]. The summed E-state index contributed by atoms with van der Waals surface area (Å²) < 4.78 is 43.2. The lowest BCUT2D eigenvalue weighted by molar-refractivity contribution is -2.00. The molecule has 3 N–H and O–H groups in total. The normalized spacial score (nSPS) is 16.4. The van der Waals surface area contributed by atoms with E-state index in [1.807, 2.05) is 12.1 Å². The highest BCUT2D eigenvalue weighted by Gasteiger charge is 2.36. The van der Waals surface area contributed by atoms with E-state index < -0.39 is 16.2 Å². The van der Waals surface area contributed by atoms with Crippen LogP contribution in [0.3, 0.4) is 0 Å². The number of amides is 1. The number of carboxylic acid groups (broad SMARTS) is 1. The van der Waals surface area contributed by atoms with E-state index >= 15 is 0 Å². The molecule has 0 saturated heterocycles. The summed E-state index contributed by atoms with van der Waals surface area (Å²) >= 11 is 0. The molecule has 0 spiro atoms. The van der Waals surface area contributed by atoms with Gasteiger partial charge in [-0.3, -0.25) is 4.79 Å². The zero-order valence-corrected chi connectivity index (χ0v) is 30.6. The molecule has 0 radical (unpaired) electrons. The summed E-state index contributed by atoms with van der Waals surface area (Å²) in [6.45, 7) is 20.7. The quantitative estimate of drug-likeness (QED) is 0.294. The second-order valence-electron chi connectivity index (χ2n) is 13.5. The molecule has 0 fully saturated rings. The number of likely N-dealkylation sites (N-methyl/N-ethyl adjacent to an activating group) is 2. The minimum atomic E-state index is -4.94. The van der Waals surface area contributed by atoms with Crippen LogP contribution >= 0.6 is 0 Å². The van der Waals surface area contributed by atoms with Gasteiger partial charge in [-0.2, -0.15) is 0 Å². The van der Waals surface area contributed by atoms with Crippen LogP contribution in [0.25, 0.3) is 16.7 Å². The van der Waals surface area contributed by atoms with Crippen molar-refractivity contribution in [2.45, 2.75) is 73.4 Å². The molecule has 0 bridgehead atoms. The molecule has 0 saturated carbocycles. The van der Waals surface area contributed by atoms with Crippen molar-refractivity contribution in [2.75, 3.05) is 18.0 Å². The van der Waals surface area contributed by atoms with Crippen LogP contribution in [0.5, 0.6) is 11.5 Å². The van der Waals surface area contributed by atoms with Crippen molar-refractivity contribution in [1.29, 1.82) is 0 Å². The maximum Gasteiger partial charge on any atom is 0.336 e. The second-order valence-corrected chi connectivity index (χ2v) is 14.3. The number of ether oxygens (including phenoxy) is 1.